The van der Waals surface area contributed by atoms with E-state index in [0.717, 1.165) is 52.3 Å². The Morgan fingerprint density at radius 1 is 0.667 bits per heavy atom. The first-order chi connectivity index (χ1) is 28.1. The predicted octanol–water partition coefficient (Wildman–Crippen LogP) is 14.4. The Hall–Kier alpha value is -6.91. The molecule has 0 bridgehead atoms. The summed E-state index contributed by atoms with van der Waals surface area (Å²) in [7, 11) is 0. The molecule has 4 heteroatoms. The van der Waals surface area contributed by atoms with Gasteiger partial charge in [-0.3, -0.25) is 0 Å². The Balaban J connectivity index is 1.04. The van der Waals surface area contributed by atoms with Crippen molar-refractivity contribution in [3.05, 3.63) is 204 Å². The van der Waals surface area contributed by atoms with Crippen LogP contribution < -0.4 is 4.90 Å². The van der Waals surface area contributed by atoms with Gasteiger partial charge in [-0.15, -0.1) is 0 Å². The van der Waals surface area contributed by atoms with Gasteiger partial charge in [0.05, 0.1) is 5.52 Å². The molecule has 9 aromatic rings. The van der Waals surface area contributed by atoms with E-state index in [9.17, 15) is 0 Å². The second kappa shape index (κ2) is 14.6. The second-order valence-electron chi connectivity index (χ2n) is 15.2. The van der Waals surface area contributed by atoms with Crippen LogP contribution in [-0.4, -0.2) is 9.55 Å². The summed E-state index contributed by atoms with van der Waals surface area (Å²) in [5, 5.41) is 1.31. The molecule has 1 aliphatic rings. The highest BCUT2D eigenvalue weighted by atomic mass is 16.3. The summed E-state index contributed by atoms with van der Waals surface area (Å²) in [6.07, 6.45) is 6.83. The van der Waals surface area contributed by atoms with E-state index in [-0.39, 0.29) is 0 Å². The third-order valence-electron chi connectivity index (χ3n) is 11.7. The number of fused-ring (bicyclic) bond motifs is 4. The molecule has 1 unspecified atom stereocenters. The van der Waals surface area contributed by atoms with Gasteiger partial charge in [0.15, 0.2) is 5.58 Å². The molecule has 57 heavy (non-hydrogen) atoms. The fraction of sp³-hybridized carbons (Fsp3) is 0.113. The SMILES string of the molecule is CC[C@H](C)c1ccc(-c2ccc3c(c2)c2c(n3-c3ccc(N(c4ccccc4)c4ccc(-c5nc6ccccc6o5)cc4)cc3)C=CC(c3ccccc3)C2)cc1. The minimum absolute atomic E-state index is 0.326. The lowest BCUT2D eigenvalue weighted by molar-refractivity contribution is 0.620. The maximum Gasteiger partial charge on any atom is 0.227 e. The van der Waals surface area contributed by atoms with Gasteiger partial charge in [-0.25, -0.2) is 4.98 Å². The van der Waals surface area contributed by atoms with Crippen LogP contribution in [0.5, 0.6) is 0 Å². The Labute approximate surface area is 334 Å². The van der Waals surface area contributed by atoms with E-state index in [4.69, 9.17) is 9.40 Å². The number of benzene rings is 7. The maximum absolute atomic E-state index is 6.08. The average molecular weight is 738 g/mol. The number of nitrogens with zero attached hydrogens (tertiary/aromatic N) is 3. The first-order valence-electron chi connectivity index (χ1n) is 20.0. The number of para-hydroxylation sites is 3. The summed E-state index contributed by atoms with van der Waals surface area (Å²) in [5.41, 5.74) is 16.1. The molecular formula is C53H43N3O. The number of anilines is 3. The van der Waals surface area contributed by atoms with Gasteiger partial charge in [0, 0.05) is 45.3 Å². The van der Waals surface area contributed by atoms with Crippen LogP contribution in [0.1, 0.15) is 54.5 Å². The molecule has 10 rings (SSSR count). The Morgan fingerprint density at radius 2 is 1.30 bits per heavy atom. The van der Waals surface area contributed by atoms with Gasteiger partial charge in [-0.05, 0) is 138 Å². The third kappa shape index (κ3) is 6.43. The molecule has 0 radical (unpaired) electrons. The van der Waals surface area contributed by atoms with Crippen LogP contribution in [-0.2, 0) is 6.42 Å². The van der Waals surface area contributed by atoms with Gasteiger partial charge in [-0.1, -0.05) is 111 Å². The molecule has 0 saturated carbocycles. The minimum atomic E-state index is 0.326. The average Bonchev–Trinajstić information content (AvgIpc) is 3.87. The Kier molecular flexibility index (Phi) is 8.87. The fourth-order valence-corrected chi connectivity index (χ4v) is 8.41. The standard InChI is InChI=1S/C53H43N3O/c1-3-36(2)37-18-20-39(21-19-37)42-25-33-51-48(35-42)47-34-41(38-12-6-4-7-13-38)24-32-50(47)56(51)46-30-28-45(29-31-46)55(43-14-8-5-9-15-43)44-26-22-40(23-27-44)53-54-49-16-10-11-17-52(49)57-53/h4-33,35-36,41H,3,34H2,1-2H3/t36-,41?/m0/s1. The smallest absolute Gasteiger partial charge is 0.227 e. The molecular weight excluding hydrogens is 695 g/mol. The monoisotopic (exact) mass is 737 g/mol. The first kappa shape index (κ1) is 34.6. The quantitative estimate of drug-likeness (QED) is 0.148. The lowest BCUT2D eigenvalue weighted by atomic mass is 9.86. The fourth-order valence-electron chi connectivity index (χ4n) is 8.41. The molecule has 7 aromatic carbocycles. The van der Waals surface area contributed by atoms with Gasteiger partial charge in [0.2, 0.25) is 5.89 Å². The topological polar surface area (TPSA) is 34.2 Å². The second-order valence-corrected chi connectivity index (χ2v) is 15.2. The van der Waals surface area contributed by atoms with Crippen molar-refractivity contribution >= 4 is 45.1 Å². The van der Waals surface area contributed by atoms with Crippen LogP contribution >= 0.6 is 0 Å². The molecule has 2 heterocycles. The van der Waals surface area contributed by atoms with E-state index in [1.54, 1.807) is 0 Å². The highest BCUT2D eigenvalue weighted by Gasteiger charge is 2.24. The molecule has 0 amide bonds. The van der Waals surface area contributed by atoms with Gasteiger partial charge >= 0.3 is 0 Å². The van der Waals surface area contributed by atoms with Crippen LogP contribution in [0.4, 0.5) is 17.1 Å². The normalized spacial score (nSPS) is 14.2. The molecule has 2 aromatic heterocycles. The number of oxazole rings is 1. The highest BCUT2D eigenvalue weighted by Crippen LogP contribution is 2.41. The van der Waals surface area contributed by atoms with Crippen molar-refractivity contribution in [1.82, 2.24) is 9.55 Å². The largest absolute Gasteiger partial charge is 0.436 e. The van der Waals surface area contributed by atoms with Gasteiger partial charge < -0.3 is 13.9 Å². The van der Waals surface area contributed by atoms with Crippen molar-refractivity contribution in [3.63, 3.8) is 0 Å². The number of hydrogen-bond donors (Lipinski definition) is 0. The molecule has 1 aliphatic carbocycles. The van der Waals surface area contributed by atoms with Crippen LogP contribution in [0.3, 0.4) is 0 Å². The Bertz CT molecular complexity index is 2820. The number of hydrogen-bond acceptors (Lipinski definition) is 3. The first-order valence-corrected chi connectivity index (χ1v) is 20.0. The van der Waals surface area contributed by atoms with Gasteiger partial charge in [0.1, 0.15) is 5.52 Å². The Morgan fingerprint density at radius 3 is 2.02 bits per heavy atom. The van der Waals surface area contributed by atoms with Crippen molar-refractivity contribution in [1.29, 1.82) is 0 Å². The summed E-state index contributed by atoms with van der Waals surface area (Å²) >= 11 is 0. The molecule has 0 aliphatic heterocycles. The van der Waals surface area contributed by atoms with E-state index in [2.05, 4.69) is 187 Å². The molecule has 0 fully saturated rings. The summed E-state index contributed by atoms with van der Waals surface area (Å²) in [6.45, 7) is 4.56. The molecule has 0 N–H and O–H groups in total. The molecule has 4 nitrogen and oxygen atoms in total. The zero-order chi connectivity index (χ0) is 38.3. The van der Waals surface area contributed by atoms with Crippen molar-refractivity contribution in [2.24, 2.45) is 0 Å². The minimum Gasteiger partial charge on any atom is -0.436 e. The third-order valence-corrected chi connectivity index (χ3v) is 11.7. The number of aromatic nitrogens is 2. The van der Waals surface area contributed by atoms with Crippen molar-refractivity contribution in [3.8, 4) is 28.3 Å². The van der Waals surface area contributed by atoms with Crippen LogP contribution in [0.2, 0.25) is 0 Å². The van der Waals surface area contributed by atoms with Crippen LogP contribution in [0, 0.1) is 0 Å². The highest BCUT2D eigenvalue weighted by molar-refractivity contribution is 5.94. The summed E-state index contributed by atoms with van der Waals surface area (Å²) in [4.78, 5) is 7.02. The van der Waals surface area contributed by atoms with E-state index in [1.165, 1.54) is 44.4 Å². The maximum atomic E-state index is 6.08. The summed E-state index contributed by atoms with van der Waals surface area (Å²) in [5.74, 6) is 1.51. The van der Waals surface area contributed by atoms with E-state index < -0.39 is 0 Å². The molecule has 0 saturated heterocycles. The van der Waals surface area contributed by atoms with E-state index in [1.807, 2.05) is 24.3 Å². The molecule has 0 spiro atoms. The predicted molar refractivity (Wildman–Crippen MR) is 237 cm³/mol. The summed E-state index contributed by atoms with van der Waals surface area (Å²) < 4.78 is 8.53. The van der Waals surface area contributed by atoms with Gasteiger partial charge in [-0.2, -0.15) is 0 Å². The van der Waals surface area contributed by atoms with Crippen molar-refractivity contribution in [2.45, 2.75) is 38.5 Å². The van der Waals surface area contributed by atoms with Crippen LogP contribution in [0.15, 0.2) is 186 Å². The van der Waals surface area contributed by atoms with Crippen molar-refractivity contribution < 1.29 is 4.42 Å². The number of allylic oxidation sites excluding steroid dienone is 1. The molecule has 276 valence electrons. The molecule has 2 atom stereocenters. The lowest BCUT2D eigenvalue weighted by Crippen LogP contribution is -2.10. The lowest BCUT2D eigenvalue weighted by Gasteiger charge is -2.26. The van der Waals surface area contributed by atoms with Crippen molar-refractivity contribution in [2.75, 3.05) is 4.90 Å². The zero-order valence-corrected chi connectivity index (χ0v) is 32.2. The summed E-state index contributed by atoms with van der Waals surface area (Å²) in [6, 6.07) is 63.0. The number of rotatable bonds is 9. The van der Waals surface area contributed by atoms with Crippen LogP contribution in [0.25, 0.3) is 56.3 Å². The van der Waals surface area contributed by atoms with Gasteiger partial charge in [0.25, 0.3) is 0 Å². The zero-order valence-electron chi connectivity index (χ0n) is 32.2. The van der Waals surface area contributed by atoms with E-state index >= 15 is 0 Å². The van der Waals surface area contributed by atoms with E-state index in [0.29, 0.717) is 17.7 Å².